The molecule has 136 valence electrons. The Bertz CT molecular complexity index is 1100. The van der Waals surface area contributed by atoms with Crippen LogP contribution in [0.4, 0.5) is 0 Å². The molecule has 0 aliphatic rings. The van der Waals surface area contributed by atoms with Gasteiger partial charge < -0.3 is 9.72 Å². The van der Waals surface area contributed by atoms with Crippen LogP contribution in [0.1, 0.15) is 41.3 Å². The average molecular weight is 359 g/mol. The van der Waals surface area contributed by atoms with E-state index in [9.17, 15) is 4.79 Å². The quantitative estimate of drug-likeness (QED) is 0.593. The second-order valence-corrected chi connectivity index (χ2v) is 6.41. The zero-order valence-electron chi connectivity index (χ0n) is 15.4. The molecule has 0 spiro atoms. The SMILES string of the molecule is CCc1nc2ccc(C(=O)NCc3cn4ccccc4n3)cc2nc1CC. The zero-order chi connectivity index (χ0) is 18.8. The van der Waals surface area contributed by atoms with Crippen molar-refractivity contribution in [3.05, 3.63) is 71.4 Å². The summed E-state index contributed by atoms with van der Waals surface area (Å²) >= 11 is 0. The van der Waals surface area contributed by atoms with Crippen LogP contribution in [0, 0.1) is 0 Å². The molecule has 1 amide bonds. The molecule has 1 aromatic carbocycles. The van der Waals surface area contributed by atoms with Crippen molar-refractivity contribution in [2.75, 3.05) is 0 Å². The van der Waals surface area contributed by atoms with E-state index >= 15 is 0 Å². The average Bonchev–Trinajstić information content (AvgIpc) is 3.13. The molecule has 4 aromatic rings. The third kappa shape index (κ3) is 3.38. The fraction of sp³-hybridized carbons (Fsp3) is 0.238. The lowest BCUT2D eigenvalue weighted by molar-refractivity contribution is 0.0950. The number of nitrogens with one attached hydrogen (secondary N) is 1. The van der Waals surface area contributed by atoms with E-state index < -0.39 is 0 Å². The van der Waals surface area contributed by atoms with Gasteiger partial charge in [0.2, 0.25) is 0 Å². The van der Waals surface area contributed by atoms with Crippen molar-refractivity contribution in [3.8, 4) is 0 Å². The summed E-state index contributed by atoms with van der Waals surface area (Å²) < 4.78 is 1.94. The summed E-state index contributed by atoms with van der Waals surface area (Å²) in [4.78, 5) is 26.4. The maximum atomic E-state index is 12.6. The van der Waals surface area contributed by atoms with Crippen molar-refractivity contribution in [1.82, 2.24) is 24.7 Å². The van der Waals surface area contributed by atoms with Gasteiger partial charge in [0.1, 0.15) is 5.65 Å². The summed E-state index contributed by atoms with van der Waals surface area (Å²) in [6.07, 6.45) is 5.54. The highest BCUT2D eigenvalue weighted by molar-refractivity contribution is 5.97. The second-order valence-electron chi connectivity index (χ2n) is 6.41. The Balaban J connectivity index is 1.54. The lowest BCUT2D eigenvalue weighted by Gasteiger charge is -2.08. The van der Waals surface area contributed by atoms with E-state index in [4.69, 9.17) is 4.98 Å². The third-order valence-corrected chi connectivity index (χ3v) is 4.60. The molecule has 3 heterocycles. The lowest BCUT2D eigenvalue weighted by atomic mass is 10.1. The predicted octanol–water partition coefficient (Wildman–Crippen LogP) is 3.33. The van der Waals surface area contributed by atoms with Crippen molar-refractivity contribution in [1.29, 1.82) is 0 Å². The molecule has 4 rings (SSSR count). The van der Waals surface area contributed by atoms with Crippen LogP contribution in [0.25, 0.3) is 16.7 Å². The van der Waals surface area contributed by atoms with Gasteiger partial charge in [-0.15, -0.1) is 0 Å². The molecule has 6 heteroatoms. The Morgan fingerprint density at radius 3 is 2.52 bits per heavy atom. The molecule has 0 fully saturated rings. The number of amides is 1. The highest BCUT2D eigenvalue weighted by atomic mass is 16.1. The monoisotopic (exact) mass is 359 g/mol. The minimum atomic E-state index is -0.145. The number of carbonyl (C=O) groups excluding carboxylic acids is 1. The van der Waals surface area contributed by atoms with Gasteiger partial charge in [-0.25, -0.2) is 15.0 Å². The molecule has 0 bridgehead atoms. The number of rotatable bonds is 5. The first kappa shape index (κ1) is 17.1. The summed E-state index contributed by atoms with van der Waals surface area (Å²) in [6.45, 7) is 4.52. The van der Waals surface area contributed by atoms with Crippen LogP contribution < -0.4 is 5.32 Å². The predicted molar refractivity (Wildman–Crippen MR) is 105 cm³/mol. The first-order valence-electron chi connectivity index (χ1n) is 9.18. The van der Waals surface area contributed by atoms with E-state index in [0.717, 1.165) is 46.6 Å². The maximum absolute atomic E-state index is 12.6. The number of pyridine rings is 1. The summed E-state index contributed by atoms with van der Waals surface area (Å²) in [5.74, 6) is -0.145. The molecule has 0 aliphatic carbocycles. The molecule has 0 saturated heterocycles. The third-order valence-electron chi connectivity index (χ3n) is 4.60. The van der Waals surface area contributed by atoms with Crippen LogP contribution in [-0.2, 0) is 19.4 Å². The number of benzene rings is 1. The van der Waals surface area contributed by atoms with Gasteiger partial charge >= 0.3 is 0 Å². The van der Waals surface area contributed by atoms with Crippen LogP contribution in [0.15, 0.2) is 48.8 Å². The molecule has 0 radical (unpaired) electrons. The summed E-state index contributed by atoms with van der Waals surface area (Å²) in [7, 11) is 0. The summed E-state index contributed by atoms with van der Waals surface area (Å²) in [5, 5.41) is 2.93. The van der Waals surface area contributed by atoms with Crippen LogP contribution in [0.2, 0.25) is 0 Å². The van der Waals surface area contributed by atoms with Gasteiger partial charge in [-0.3, -0.25) is 4.79 Å². The van der Waals surface area contributed by atoms with Crippen molar-refractivity contribution < 1.29 is 4.79 Å². The van der Waals surface area contributed by atoms with E-state index in [1.165, 1.54) is 0 Å². The zero-order valence-corrected chi connectivity index (χ0v) is 15.4. The number of aromatic nitrogens is 4. The van der Waals surface area contributed by atoms with Crippen molar-refractivity contribution in [2.24, 2.45) is 0 Å². The standard InChI is InChI=1S/C21H21N5O/c1-3-16-17(4-2)25-19-11-14(8-9-18(19)24-16)21(27)22-12-15-13-26-10-6-5-7-20(26)23-15/h5-11,13H,3-4,12H2,1-2H3,(H,22,27). The molecule has 3 aromatic heterocycles. The van der Waals surface area contributed by atoms with Gasteiger partial charge in [-0.1, -0.05) is 19.9 Å². The van der Waals surface area contributed by atoms with Crippen LogP contribution in [-0.4, -0.2) is 25.3 Å². The van der Waals surface area contributed by atoms with Crippen molar-refractivity contribution >= 4 is 22.6 Å². The van der Waals surface area contributed by atoms with Gasteiger partial charge in [0, 0.05) is 18.0 Å². The van der Waals surface area contributed by atoms with Crippen LogP contribution >= 0.6 is 0 Å². The van der Waals surface area contributed by atoms with Gasteiger partial charge in [-0.05, 0) is 43.2 Å². The smallest absolute Gasteiger partial charge is 0.251 e. The van der Waals surface area contributed by atoms with Crippen molar-refractivity contribution in [2.45, 2.75) is 33.2 Å². The Hall–Kier alpha value is -3.28. The molecular formula is C21H21N5O. The van der Waals surface area contributed by atoms with E-state index in [-0.39, 0.29) is 5.91 Å². The molecule has 27 heavy (non-hydrogen) atoms. The first-order chi connectivity index (χ1) is 13.2. The topological polar surface area (TPSA) is 72.2 Å². The van der Waals surface area contributed by atoms with Crippen LogP contribution in [0.5, 0.6) is 0 Å². The fourth-order valence-electron chi connectivity index (χ4n) is 3.18. The van der Waals surface area contributed by atoms with E-state index in [1.54, 1.807) is 12.1 Å². The number of carbonyl (C=O) groups is 1. The number of imidazole rings is 1. The van der Waals surface area contributed by atoms with Gasteiger partial charge in [0.25, 0.3) is 5.91 Å². The number of nitrogens with zero attached hydrogens (tertiary/aromatic N) is 4. The second kappa shape index (κ2) is 7.15. The highest BCUT2D eigenvalue weighted by Crippen LogP contribution is 2.16. The molecule has 0 aliphatic heterocycles. The van der Waals surface area contributed by atoms with Gasteiger partial charge in [0.15, 0.2) is 0 Å². The summed E-state index contributed by atoms with van der Waals surface area (Å²) in [6, 6.07) is 11.3. The Labute approximate surface area is 157 Å². The van der Waals surface area contributed by atoms with Gasteiger partial charge in [-0.2, -0.15) is 0 Å². The Kier molecular flexibility index (Phi) is 4.54. The molecular weight excluding hydrogens is 338 g/mol. The van der Waals surface area contributed by atoms with E-state index in [1.807, 2.05) is 41.1 Å². The largest absolute Gasteiger partial charge is 0.346 e. The molecule has 0 atom stereocenters. The fourth-order valence-corrected chi connectivity index (χ4v) is 3.18. The Morgan fingerprint density at radius 2 is 1.78 bits per heavy atom. The van der Waals surface area contributed by atoms with Gasteiger partial charge in [0.05, 0.1) is 34.7 Å². The van der Waals surface area contributed by atoms with E-state index in [0.29, 0.717) is 12.1 Å². The molecule has 0 unspecified atom stereocenters. The summed E-state index contributed by atoms with van der Waals surface area (Å²) in [5.41, 5.74) is 5.84. The highest BCUT2D eigenvalue weighted by Gasteiger charge is 2.11. The van der Waals surface area contributed by atoms with Crippen LogP contribution in [0.3, 0.4) is 0 Å². The number of hydrogen-bond acceptors (Lipinski definition) is 4. The normalized spacial score (nSPS) is 11.2. The minimum absolute atomic E-state index is 0.145. The number of hydrogen-bond donors (Lipinski definition) is 1. The molecule has 0 saturated carbocycles. The number of aryl methyl sites for hydroxylation is 2. The number of fused-ring (bicyclic) bond motifs is 2. The lowest BCUT2D eigenvalue weighted by Crippen LogP contribution is -2.23. The Morgan fingerprint density at radius 1 is 1.00 bits per heavy atom. The molecule has 1 N–H and O–H groups in total. The molecule has 6 nitrogen and oxygen atoms in total. The first-order valence-corrected chi connectivity index (χ1v) is 9.18. The van der Waals surface area contributed by atoms with Crippen molar-refractivity contribution in [3.63, 3.8) is 0 Å². The minimum Gasteiger partial charge on any atom is -0.346 e. The maximum Gasteiger partial charge on any atom is 0.251 e. The van der Waals surface area contributed by atoms with E-state index in [2.05, 4.69) is 29.1 Å².